The Morgan fingerprint density at radius 3 is 1.78 bits per heavy atom. The summed E-state index contributed by atoms with van der Waals surface area (Å²) in [5, 5.41) is 15.7. The van der Waals surface area contributed by atoms with Gasteiger partial charge >= 0.3 is 0 Å². The van der Waals surface area contributed by atoms with E-state index >= 15 is 0 Å². The van der Waals surface area contributed by atoms with Crippen LogP contribution in [0.3, 0.4) is 0 Å². The highest BCUT2D eigenvalue weighted by atomic mass is 35.5. The molecule has 11 nitrogen and oxygen atoms in total. The molecule has 4 aromatic rings. The third kappa shape index (κ3) is 11.8. The Morgan fingerprint density at radius 1 is 0.776 bits per heavy atom. The summed E-state index contributed by atoms with van der Waals surface area (Å²) in [6, 6.07) is 18.5. The quantitative estimate of drug-likeness (QED) is 0.138. The summed E-state index contributed by atoms with van der Waals surface area (Å²) in [4.78, 5) is 8.82. The van der Waals surface area contributed by atoms with Gasteiger partial charge < -0.3 is 9.47 Å². The average Bonchev–Trinajstić information content (AvgIpc) is 3.02. The number of rotatable bonds is 17. The van der Waals surface area contributed by atoms with E-state index in [0.29, 0.717) is 11.1 Å². The highest BCUT2D eigenvalue weighted by molar-refractivity contribution is 7.91. The molecule has 0 saturated carbocycles. The van der Waals surface area contributed by atoms with Gasteiger partial charge in [-0.05, 0) is 70.0 Å². The van der Waals surface area contributed by atoms with E-state index in [2.05, 4.69) is 20.6 Å². The van der Waals surface area contributed by atoms with Crippen LogP contribution in [-0.4, -0.2) is 75.1 Å². The summed E-state index contributed by atoms with van der Waals surface area (Å²) < 4.78 is 68.3. The number of pyridine rings is 2. The van der Waals surface area contributed by atoms with E-state index in [1.54, 1.807) is 32.9 Å². The van der Waals surface area contributed by atoms with Gasteiger partial charge in [-0.25, -0.2) is 16.8 Å². The fourth-order valence-corrected chi connectivity index (χ4v) is 9.12. The molecule has 4 atom stereocenters. The molecule has 4 rings (SSSR count). The van der Waals surface area contributed by atoms with Crippen LogP contribution in [0.4, 0.5) is 0 Å². The topological polar surface area (TPSA) is 160 Å². The first-order valence-corrected chi connectivity index (χ1v) is 19.0. The fourth-order valence-electron chi connectivity index (χ4n) is 5.34. The van der Waals surface area contributed by atoms with E-state index in [1.165, 1.54) is 12.4 Å². The lowest BCUT2D eigenvalue weighted by Crippen LogP contribution is -2.60. The molecule has 0 spiro atoms. The van der Waals surface area contributed by atoms with Crippen molar-refractivity contribution in [3.63, 3.8) is 0 Å². The maximum absolute atomic E-state index is 14.3. The summed E-state index contributed by atoms with van der Waals surface area (Å²) >= 11 is 0. The molecule has 2 aromatic carbocycles. The zero-order valence-corrected chi connectivity index (χ0v) is 31.4. The Balaban J connectivity index is 0.00000417. The Labute approximate surface area is 301 Å². The van der Waals surface area contributed by atoms with Crippen LogP contribution in [0.5, 0.6) is 0 Å². The number of sulfone groups is 2. The van der Waals surface area contributed by atoms with Gasteiger partial charge in [0.15, 0.2) is 25.1 Å². The monoisotopic (exact) mass is 753 g/mol. The first kappa shape index (κ1) is 42.2. The maximum atomic E-state index is 14.3. The number of hydrogen-bond acceptors (Lipinski definition) is 11. The van der Waals surface area contributed by atoms with E-state index in [9.17, 15) is 22.1 Å². The molecule has 0 amide bonds. The normalized spacial score (nSPS) is 14.5. The van der Waals surface area contributed by atoms with E-state index < -0.39 is 48.7 Å². The second-order valence-electron chi connectivity index (χ2n) is 12.1. The van der Waals surface area contributed by atoms with Gasteiger partial charge in [0.2, 0.25) is 0 Å². The summed E-state index contributed by atoms with van der Waals surface area (Å²) in [6.07, 6.45) is 2.35. The molecule has 0 aliphatic carbocycles. The zero-order valence-electron chi connectivity index (χ0n) is 28.1. The highest BCUT2D eigenvalue weighted by Gasteiger charge is 2.40. The number of ether oxygens (including phenoxy) is 2. The smallest absolute Gasteiger partial charge is 0.182 e. The lowest BCUT2D eigenvalue weighted by Gasteiger charge is -2.34. The van der Waals surface area contributed by atoms with Crippen LogP contribution >= 0.6 is 24.8 Å². The van der Waals surface area contributed by atoms with Gasteiger partial charge in [-0.1, -0.05) is 36.4 Å². The van der Waals surface area contributed by atoms with E-state index in [-0.39, 0.29) is 55.6 Å². The number of aromatic nitrogens is 2. The lowest BCUT2D eigenvalue weighted by molar-refractivity contribution is 0.0304. The summed E-state index contributed by atoms with van der Waals surface area (Å²) in [6.45, 7) is 8.48. The second-order valence-corrected chi connectivity index (χ2v) is 16.3. The fraction of sp³-hybridized carbons (Fsp3) is 0.441. The molecule has 2 unspecified atom stereocenters. The van der Waals surface area contributed by atoms with Crippen molar-refractivity contribution in [1.29, 1.82) is 5.26 Å². The summed E-state index contributed by atoms with van der Waals surface area (Å²) in [5.41, 5.74) is 1.03. The molecule has 49 heavy (non-hydrogen) atoms. The van der Waals surface area contributed by atoms with Crippen molar-refractivity contribution in [2.24, 2.45) is 0 Å². The number of halogens is 2. The van der Waals surface area contributed by atoms with Crippen LogP contribution in [0.2, 0.25) is 0 Å². The van der Waals surface area contributed by atoms with Crippen LogP contribution in [0.1, 0.15) is 45.7 Å². The number of benzene rings is 2. The number of hydrogen-bond donors (Lipinski definition) is 2. The Hall–Kier alpha value is -2.93. The minimum atomic E-state index is -4.07. The summed E-state index contributed by atoms with van der Waals surface area (Å²) in [5.74, 6) is -0.742. The van der Waals surface area contributed by atoms with Gasteiger partial charge in [-0.3, -0.25) is 20.6 Å². The van der Waals surface area contributed by atoms with Gasteiger partial charge in [0, 0.05) is 29.2 Å². The third-order valence-corrected chi connectivity index (χ3v) is 11.4. The van der Waals surface area contributed by atoms with Crippen molar-refractivity contribution >= 4 is 66.3 Å². The van der Waals surface area contributed by atoms with Crippen molar-refractivity contribution < 1.29 is 26.3 Å². The number of nitrogens with one attached hydrogen (secondary N) is 2. The molecule has 0 fully saturated rings. The minimum absolute atomic E-state index is 0. The van der Waals surface area contributed by atoms with Gasteiger partial charge in [0.1, 0.15) is 5.37 Å². The predicted molar refractivity (Wildman–Crippen MR) is 198 cm³/mol. The van der Waals surface area contributed by atoms with Crippen molar-refractivity contribution in [3.05, 3.63) is 84.2 Å². The molecule has 0 saturated heterocycles. The number of nitrogens with zero attached hydrogens (tertiary/aromatic N) is 3. The Morgan fingerprint density at radius 2 is 1.29 bits per heavy atom. The first-order chi connectivity index (χ1) is 22.3. The minimum Gasteiger partial charge on any atom is -0.377 e. The molecular formula is C34H45Cl2N5O6S2. The molecular weight excluding hydrogens is 709 g/mol. The Bertz CT molecular complexity index is 1920. The van der Waals surface area contributed by atoms with Gasteiger partial charge in [0.25, 0.3) is 0 Å². The zero-order chi connectivity index (χ0) is 34.2. The van der Waals surface area contributed by atoms with Gasteiger partial charge in [-0.15, -0.1) is 24.8 Å². The van der Waals surface area contributed by atoms with Crippen molar-refractivity contribution in [1.82, 2.24) is 20.6 Å². The standard InChI is InChI=1S/C34H43N5O6S2.2ClH/c1-23(2)44-20-32(36-15-14-35)33(46(40,41)21-26-16-28-10-6-8-12-30(28)37-18-26)39-25(5)34(45-24(3)4)47(42,43)22-27-17-29-11-7-9-13-31(29)38-19-27;;/h6-13,16-19,23-25,32-34,36,39H,15,20-22H2,1-5H3;2*1H/t25?,32?,33-,34-;;/m0../s1. The third-order valence-electron chi connectivity index (χ3n) is 7.43. The van der Waals surface area contributed by atoms with Crippen molar-refractivity contribution in [3.8, 4) is 6.07 Å². The molecule has 0 aliphatic rings. The van der Waals surface area contributed by atoms with Gasteiger partial charge in [0.05, 0.1) is 60.0 Å². The highest BCUT2D eigenvalue weighted by Crippen LogP contribution is 2.23. The molecule has 0 bridgehead atoms. The Kier molecular flexibility index (Phi) is 16.3. The molecule has 2 N–H and O–H groups in total. The van der Waals surface area contributed by atoms with E-state index in [0.717, 1.165) is 21.8 Å². The molecule has 2 heterocycles. The average molecular weight is 755 g/mol. The maximum Gasteiger partial charge on any atom is 0.182 e. The van der Waals surface area contributed by atoms with Crippen LogP contribution in [0, 0.1) is 11.3 Å². The molecule has 15 heteroatoms. The van der Waals surface area contributed by atoms with E-state index in [4.69, 9.17) is 9.47 Å². The van der Waals surface area contributed by atoms with Crippen LogP contribution in [-0.2, 0) is 40.7 Å². The van der Waals surface area contributed by atoms with Crippen LogP contribution in [0.15, 0.2) is 73.1 Å². The molecule has 0 aliphatic heterocycles. The van der Waals surface area contributed by atoms with Crippen LogP contribution in [0.25, 0.3) is 21.8 Å². The second kappa shape index (κ2) is 18.9. The molecule has 2 aromatic heterocycles. The van der Waals surface area contributed by atoms with Crippen molar-refractivity contribution in [2.45, 2.75) is 81.2 Å². The predicted octanol–water partition coefficient (Wildman–Crippen LogP) is 5.12. The SMILES string of the molecule is CC(C)OCC(NCC#N)[C@@H](NC(C)[C@@H](OC(C)C)S(=O)(=O)Cc1cnc2ccccc2c1)S(=O)(=O)Cc1cnc2ccccc2c1.Cl.Cl. The van der Waals surface area contributed by atoms with Crippen molar-refractivity contribution in [2.75, 3.05) is 13.2 Å². The number of nitriles is 1. The lowest BCUT2D eigenvalue weighted by atomic mass is 10.2. The molecule has 0 radical (unpaired) electrons. The first-order valence-electron chi connectivity index (χ1n) is 15.5. The molecule has 268 valence electrons. The number of fused-ring (bicyclic) bond motifs is 2. The van der Waals surface area contributed by atoms with Gasteiger partial charge in [-0.2, -0.15) is 5.26 Å². The number of para-hydroxylation sites is 2. The van der Waals surface area contributed by atoms with E-state index in [1.807, 2.05) is 68.4 Å². The van der Waals surface area contributed by atoms with Crippen LogP contribution < -0.4 is 10.6 Å². The largest absolute Gasteiger partial charge is 0.377 e. The summed E-state index contributed by atoms with van der Waals surface area (Å²) in [7, 11) is -8.09.